The Morgan fingerprint density at radius 3 is 3.00 bits per heavy atom. The monoisotopic (exact) mass is 261 g/mol. The number of H-pyrrole nitrogens is 1. The minimum Gasteiger partial charge on any atom is -0.490 e. The van der Waals surface area contributed by atoms with Gasteiger partial charge in [-0.1, -0.05) is 0 Å². The number of carboxylic acid groups (broad SMARTS) is 1. The second kappa shape index (κ2) is 4.40. The van der Waals surface area contributed by atoms with Gasteiger partial charge in [-0.25, -0.2) is 4.79 Å². The summed E-state index contributed by atoms with van der Waals surface area (Å²) >= 11 is 0. The van der Waals surface area contributed by atoms with Crippen LogP contribution in [0.25, 0.3) is 10.9 Å². The topological polar surface area (TPSA) is 91.9 Å². The molecule has 1 aromatic heterocycles. The molecule has 2 heterocycles. The third-order valence-electron chi connectivity index (χ3n) is 2.98. The summed E-state index contributed by atoms with van der Waals surface area (Å²) in [5.74, 6) is -0.629. The maximum atomic E-state index is 11.2. The number of ether oxygens (including phenoxy) is 2. The lowest BCUT2D eigenvalue weighted by molar-refractivity contribution is 0.0691. The molecule has 1 aromatic carbocycles. The van der Waals surface area contributed by atoms with E-state index in [0.717, 1.165) is 0 Å². The smallest absolute Gasteiger partial charge is 0.352 e. The highest BCUT2D eigenvalue weighted by atomic mass is 16.6. The van der Waals surface area contributed by atoms with Crippen molar-refractivity contribution < 1.29 is 24.2 Å². The van der Waals surface area contributed by atoms with Crippen LogP contribution in [0.3, 0.4) is 0 Å². The Balaban J connectivity index is 2.02. The van der Waals surface area contributed by atoms with Gasteiger partial charge in [0.25, 0.3) is 0 Å². The second-order valence-electron chi connectivity index (χ2n) is 4.31. The number of fused-ring (bicyclic) bond motifs is 1. The van der Waals surface area contributed by atoms with Gasteiger partial charge < -0.3 is 19.6 Å². The molecule has 0 aliphatic carbocycles. The highest BCUT2D eigenvalue weighted by Crippen LogP contribution is 2.28. The second-order valence-corrected chi connectivity index (χ2v) is 4.31. The van der Waals surface area contributed by atoms with Crippen molar-refractivity contribution in [2.45, 2.75) is 6.10 Å². The molecule has 6 nitrogen and oxygen atoms in total. The summed E-state index contributed by atoms with van der Waals surface area (Å²) in [6.07, 6.45) is 0.765. The zero-order valence-corrected chi connectivity index (χ0v) is 9.88. The van der Waals surface area contributed by atoms with Crippen LogP contribution in [0.5, 0.6) is 5.75 Å². The van der Waals surface area contributed by atoms with Gasteiger partial charge in [0.2, 0.25) is 0 Å². The van der Waals surface area contributed by atoms with Crippen LogP contribution in [-0.2, 0) is 4.74 Å². The van der Waals surface area contributed by atoms with Gasteiger partial charge in [-0.05, 0) is 18.2 Å². The Hall–Kier alpha value is -2.34. The molecule has 2 N–H and O–H groups in total. The molecule has 0 radical (unpaired) electrons. The molecule has 0 unspecified atom stereocenters. The summed E-state index contributed by atoms with van der Waals surface area (Å²) in [7, 11) is 0. The largest absolute Gasteiger partial charge is 0.490 e. The van der Waals surface area contributed by atoms with Crippen molar-refractivity contribution in [1.29, 1.82) is 0 Å². The molecule has 0 amide bonds. The minimum atomic E-state index is -1.07. The number of carbonyl (C=O) groups is 2. The van der Waals surface area contributed by atoms with Crippen molar-refractivity contribution in [3.63, 3.8) is 0 Å². The molecular formula is C13H11NO5. The van der Waals surface area contributed by atoms with E-state index in [4.69, 9.17) is 14.6 Å². The first-order chi connectivity index (χ1) is 9.19. The summed E-state index contributed by atoms with van der Waals surface area (Å²) < 4.78 is 10.5. The summed E-state index contributed by atoms with van der Waals surface area (Å²) in [6, 6.07) is 4.77. The molecule has 19 heavy (non-hydrogen) atoms. The quantitative estimate of drug-likeness (QED) is 0.628. The van der Waals surface area contributed by atoms with Crippen LogP contribution in [0, 0.1) is 0 Å². The van der Waals surface area contributed by atoms with E-state index >= 15 is 0 Å². The zero-order chi connectivity index (χ0) is 13.4. The van der Waals surface area contributed by atoms with E-state index in [2.05, 4.69) is 4.98 Å². The van der Waals surface area contributed by atoms with E-state index in [1.54, 1.807) is 12.1 Å². The number of nitrogens with one attached hydrogen (secondary N) is 1. The lowest BCUT2D eigenvalue weighted by atomic mass is 10.1. The SMILES string of the molecule is O=Cc1c(OC[C@H]2CO2)ccc2[nH]c(C(=O)O)cc12. The van der Waals surface area contributed by atoms with Crippen molar-refractivity contribution in [1.82, 2.24) is 4.98 Å². The van der Waals surface area contributed by atoms with Gasteiger partial charge in [0.15, 0.2) is 6.29 Å². The van der Waals surface area contributed by atoms with Crippen molar-refractivity contribution in [3.8, 4) is 5.75 Å². The number of rotatable bonds is 5. The van der Waals surface area contributed by atoms with Crippen LogP contribution in [-0.4, -0.2) is 41.7 Å². The number of carboxylic acids is 1. The first-order valence-corrected chi connectivity index (χ1v) is 5.77. The first kappa shape index (κ1) is 11.7. The molecule has 2 aromatic rings. The summed E-state index contributed by atoms with van der Waals surface area (Å²) in [5.41, 5.74) is 0.984. The molecule has 98 valence electrons. The van der Waals surface area contributed by atoms with Crippen molar-refractivity contribution >= 4 is 23.2 Å². The molecule has 6 heteroatoms. The Labute approximate surface area is 107 Å². The molecule has 1 fully saturated rings. The number of benzene rings is 1. The fourth-order valence-electron chi connectivity index (χ4n) is 1.92. The summed E-state index contributed by atoms with van der Waals surface area (Å²) in [4.78, 5) is 24.9. The van der Waals surface area contributed by atoms with Crippen molar-refractivity contribution in [3.05, 3.63) is 29.5 Å². The van der Waals surface area contributed by atoms with Crippen LogP contribution < -0.4 is 4.74 Å². The lowest BCUT2D eigenvalue weighted by Crippen LogP contribution is -2.05. The van der Waals surface area contributed by atoms with Gasteiger partial charge >= 0.3 is 5.97 Å². The number of hydrogen-bond acceptors (Lipinski definition) is 4. The minimum absolute atomic E-state index is 0.0424. The van der Waals surface area contributed by atoms with Gasteiger partial charge in [-0.2, -0.15) is 0 Å². The predicted octanol–water partition coefficient (Wildman–Crippen LogP) is 1.46. The van der Waals surface area contributed by atoms with Gasteiger partial charge in [0, 0.05) is 10.9 Å². The molecule has 1 saturated heterocycles. The van der Waals surface area contributed by atoms with E-state index in [1.165, 1.54) is 6.07 Å². The molecule has 1 aliphatic rings. The van der Waals surface area contributed by atoms with E-state index < -0.39 is 5.97 Å². The third kappa shape index (κ3) is 2.17. The van der Waals surface area contributed by atoms with Crippen LogP contribution >= 0.6 is 0 Å². The molecule has 0 bridgehead atoms. The maximum Gasteiger partial charge on any atom is 0.352 e. The van der Waals surface area contributed by atoms with E-state index in [1.807, 2.05) is 0 Å². The van der Waals surface area contributed by atoms with Crippen LogP contribution in [0.2, 0.25) is 0 Å². The average Bonchev–Trinajstić information content (AvgIpc) is 3.12. The fourth-order valence-corrected chi connectivity index (χ4v) is 1.92. The Kier molecular flexibility index (Phi) is 2.72. The van der Waals surface area contributed by atoms with Crippen LogP contribution in [0.15, 0.2) is 18.2 Å². The van der Waals surface area contributed by atoms with Gasteiger partial charge in [0.05, 0.1) is 12.2 Å². The molecule has 0 spiro atoms. The number of hydrogen-bond donors (Lipinski definition) is 2. The standard InChI is InChI=1S/C13H11NO5/c15-4-9-8-3-11(13(16)17)14-10(8)1-2-12(9)19-6-7-5-18-7/h1-4,7,14H,5-6H2,(H,16,17)/t7-/m1/s1. The highest BCUT2D eigenvalue weighted by Gasteiger charge is 2.24. The van der Waals surface area contributed by atoms with Crippen molar-refractivity contribution in [2.75, 3.05) is 13.2 Å². The van der Waals surface area contributed by atoms with E-state index in [-0.39, 0.29) is 11.8 Å². The van der Waals surface area contributed by atoms with Gasteiger partial charge in [0.1, 0.15) is 24.2 Å². The number of aromatic nitrogens is 1. The summed E-state index contributed by atoms with van der Waals surface area (Å²) in [5, 5.41) is 9.48. The van der Waals surface area contributed by atoms with Crippen LogP contribution in [0.1, 0.15) is 20.8 Å². The van der Waals surface area contributed by atoms with Gasteiger partial charge in [-0.3, -0.25) is 4.79 Å². The number of epoxide rings is 1. The van der Waals surface area contributed by atoms with E-state index in [9.17, 15) is 9.59 Å². The average molecular weight is 261 g/mol. The van der Waals surface area contributed by atoms with E-state index in [0.29, 0.717) is 41.7 Å². The summed E-state index contributed by atoms with van der Waals surface area (Å²) in [6.45, 7) is 1.06. The Morgan fingerprint density at radius 2 is 2.37 bits per heavy atom. The molecule has 3 rings (SSSR count). The molecular weight excluding hydrogens is 250 g/mol. The maximum absolute atomic E-state index is 11.2. The predicted molar refractivity (Wildman–Crippen MR) is 65.9 cm³/mol. The zero-order valence-electron chi connectivity index (χ0n) is 9.88. The number of aromatic amines is 1. The molecule has 1 aliphatic heterocycles. The highest BCUT2D eigenvalue weighted by molar-refractivity contribution is 6.03. The normalized spacial score (nSPS) is 17.4. The Morgan fingerprint density at radius 1 is 1.58 bits per heavy atom. The fraction of sp³-hybridized carbons (Fsp3) is 0.231. The Bertz CT molecular complexity index is 656. The molecule has 0 saturated carbocycles. The third-order valence-corrected chi connectivity index (χ3v) is 2.98. The van der Waals surface area contributed by atoms with Crippen molar-refractivity contribution in [2.24, 2.45) is 0 Å². The number of aromatic carboxylic acids is 1. The number of carbonyl (C=O) groups excluding carboxylic acids is 1. The first-order valence-electron chi connectivity index (χ1n) is 5.77. The number of aldehydes is 1. The molecule has 1 atom stereocenters. The van der Waals surface area contributed by atoms with Crippen LogP contribution in [0.4, 0.5) is 0 Å². The van der Waals surface area contributed by atoms with Gasteiger partial charge in [-0.15, -0.1) is 0 Å². The lowest BCUT2D eigenvalue weighted by Gasteiger charge is -2.07.